The van der Waals surface area contributed by atoms with Crippen molar-refractivity contribution in [1.82, 2.24) is 5.34 Å². The van der Waals surface area contributed by atoms with E-state index in [1.54, 1.807) is 0 Å². The summed E-state index contributed by atoms with van der Waals surface area (Å²) >= 11 is 0. The van der Waals surface area contributed by atoms with Gasteiger partial charge >= 0.3 is 5.96 Å². The summed E-state index contributed by atoms with van der Waals surface area (Å²) < 4.78 is 50.2. The third-order valence-electron chi connectivity index (χ3n) is 1.74. The van der Waals surface area contributed by atoms with E-state index in [-0.39, 0.29) is 17.6 Å². The highest BCUT2D eigenvalue weighted by molar-refractivity contribution is 5.65. The normalized spacial score (nSPS) is 11.4. The molecule has 0 fully saturated rings. The number of rotatable bonds is 4. The zero-order chi connectivity index (χ0) is 12.1. The van der Waals surface area contributed by atoms with Gasteiger partial charge in [-0.1, -0.05) is 0 Å². The number of halogens is 4. The van der Waals surface area contributed by atoms with Gasteiger partial charge in [-0.25, -0.2) is 17.8 Å². The van der Waals surface area contributed by atoms with Crippen molar-refractivity contribution in [2.75, 3.05) is 47.6 Å². The van der Waals surface area contributed by atoms with Crippen LogP contribution in [0.25, 0.3) is 0 Å². The summed E-state index contributed by atoms with van der Waals surface area (Å²) in [5.41, 5.74) is 0. The summed E-state index contributed by atoms with van der Waals surface area (Å²) in [6, 6.07) is 0. The smallest absolute Gasteiger partial charge is 0.247 e. The maximum atomic E-state index is 12.6. The highest BCUT2D eigenvalue weighted by atomic mass is 19.4. The lowest BCUT2D eigenvalue weighted by Crippen LogP contribution is -2.52. The second kappa shape index (κ2) is 5.89. The van der Waals surface area contributed by atoms with E-state index in [1.807, 2.05) is 0 Å². The molecule has 0 aromatic carbocycles. The lowest BCUT2D eigenvalue weighted by atomic mass is 10.5. The highest BCUT2D eigenvalue weighted by Crippen LogP contribution is 2.04. The van der Waals surface area contributed by atoms with Gasteiger partial charge < -0.3 is 0 Å². The highest BCUT2D eigenvalue weighted by Gasteiger charge is 2.39. The van der Waals surface area contributed by atoms with E-state index in [2.05, 4.69) is 0 Å². The number of hydrogen-bond acceptors (Lipinski definition) is 0. The van der Waals surface area contributed by atoms with E-state index in [0.29, 0.717) is 0 Å². The summed E-state index contributed by atoms with van der Waals surface area (Å²) in [6.07, 6.45) is 0. The molecule has 0 aliphatic heterocycles. The standard InChI is InChI=1S/C8H17F4N3/c1-15(2,3)8(14(11)12)13(6-4-9)7-5-10/h4-7H2,1-3H3/q+2. The van der Waals surface area contributed by atoms with E-state index < -0.39 is 24.7 Å². The summed E-state index contributed by atoms with van der Waals surface area (Å²) in [7, 11) is 4.51. The lowest BCUT2D eigenvalue weighted by Gasteiger charge is -2.20. The van der Waals surface area contributed by atoms with Crippen LogP contribution in [0.15, 0.2) is 0 Å². The third-order valence-corrected chi connectivity index (χ3v) is 1.74. The molecule has 0 aliphatic rings. The van der Waals surface area contributed by atoms with Crippen LogP contribution in [0.4, 0.5) is 17.7 Å². The Labute approximate surface area is 86.7 Å². The first-order chi connectivity index (χ1) is 6.84. The van der Waals surface area contributed by atoms with Crippen molar-refractivity contribution < 1.29 is 26.8 Å². The summed E-state index contributed by atoms with van der Waals surface area (Å²) in [6.45, 7) is -2.06. The fourth-order valence-corrected chi connectivity index (χ4v) is 1.27. The van der Waals surface area contributed by atoms with Crippen LogP contribution in [0.3, 0.4) is 0 Å². The summed E-state index contributed by atoms with van der Waals surface area (Å²) in [5, 5.41) is -1.09. The molecule has 0 saturated carbocycles. The maximum Gasteiger partial charge on any atom is 0.519 e. The lowest BCUT2D eigenvalue weighted by molar-refractivity contribution is -0.820. The molecule has 90 valence electrons. The Bertz CT molecular complexity index is 214. The van der Waals surface area contributed by atoms with Gasteiger partial charge in [-0.2, -0.15) is 0 Å². The predicted octanol–water partition coefficient (Wildman–Crippen LogP) is 1.07. The molecule has 0 atom stereocenters. The van der Waals surface area contributed by atoms with Crippen LogP contribution in [0, 0.1) is 0 Å². The zero-order valence-electron chi connectivity index (χ0n) is 9.18. The van der Waals surface area contributed by atoms with Crippen LogP contribution in [0.2, 0.25) is 0 Å². The van der Waals surface area contributed by atoms with Crippen LogP contribution in [-0.2, 0) is 0 Å². The SMILES string of the molecule is C[N+](C)(C)C(N(F)F)=[N+](CCF)CCF. The molecule has 7 heteroatoms. The minimum atomic E-state index is -1.09. The van der Waals surface area contributed by atoms with E-state index in [4.69, 9.17) is 0 Å². The first kappa shape index (κ1) is 14.2. The molecule has 15 heavy (non-hydrogen) atoms. The molecule has 0 radical (unpaired) electrons. The van der Waals surface area contributed by atoms with E-state index in [1.165, 1.54) is 21.1 Å². The third kappa shape index (κ3) is 4.46. The molecular weight excluding hydrogens is 214 g/mol. The second-order valence-electron chi connectivity index (χ2n) is 3.91. The monoisotopic (exact) mass is 231 g/mol. The summed E-state index contributed by atoms with van der Waals surface area (Å²) in [5.74, 6) is -0.426. The van der Waals surface area contributed by atoms with Crippen LogP contribution in [0.5, 0.6) is 0 Å². The topological polar surface area (TPSA) is 6.25 Å². The first-order valence-electron chi connectivity index (χ1n) is 4.52. The molecule has 0 aromatic heterocycles. The van der Waals surface area contributed by atoms with Gasteiger partial charge in [0.15, 0.2) is 5.34 Å². The second-order valence-corrected chi connectivity index (χ2v) is 3.91. The van der Waals surface area contributed by atoms with Gasteiger partial charge in [0.2, 0.25) is 0 Å². The predicted molar refractivity (Wildman–Crippen MR) is 49.0 cm³/mol. The molecule has 0 heterocycles. The van der Waals surface area contributed by atoms with E-state index >= 15 is 0 Å². The van der Waals surface area contributed by atoms with Crippen molar-refractivity contribution in [3.8, 4) is 0 Å². The van der Waals surface area contributed by atoms with Gasteiger partial charge in [-0.05, 0) is 0 Å². The molecule has 0 bridgehead atoms. The fourth-order valence-electron chi connectivity index (χ4n) is 1.27. The Morgan fingerprint density at radius 1 is 1.07 bits per heavy atom. The molecule has 0 spiro atoms. The molecule has 0 aromatic rings. The molecule has 0 amide bonds. The Morgan fingerprint density at radius 2 is 1.47 bits per heavy atom. The molecule has 0 saturated heterocycles. The van der Waals surface area contributed by atoms with Gasteiger partial charge in [0, 0.05) is 8.96 Å². The van der Waals surface area contributed by atoms with Crippen molar-refractivity contribution in [3.05, 3.63) is 0 Å². The average molecular weight is 231 g/mol. The van der Waals surface area contributed by atoms with Crippen molar-refractivity contribution >= 4 is 5.96 Å². The quantitative estimate of drug-likeness (QED) is 0.175. The number of quaternary nitrogens is 1. The van der Waals surface area contributed by atoms with Gasteiger partial charge in [0.05, 0.1) is 21.1 Å². The maximum absolute atomic E-state index is 12.6. The Kier molecular flexibility index (Phi) is 5.56. The molecule has 0 unspecified atom stereocenters. The van der Waals surface area contributed by atoms with Gasteiger partial charge in [-0.3, -0.25) is 0 Å². The number of hydrogen-bond donors (Lipinski definition) is 0. The average Bonchev–Trinajstić information content (AvgIpc) is 2.01. The molecule has 0 N–H and O–H groups in total. The van der Waals surface area contributed by atoms with Crippen molar-refractivity contribution in [2.24, 2.45) is 0 Å². The first-order valence-corrected chi connectivity index (χ1v) is 4.52. The minimum Gasteiger partial charge on any atom is -0.247 e. The van der Waals surface area contributed by atoms with Crippen LogP contribution in [-0.4, -0.2) is 67.9 Å². The number of guanidine groups is 1. The molecule has 0 rings (SSSR count). The van der Waals surface area contributed by atoms with Crippen molar-refractivity contribution in [2.45, 2.75) is 0 Å². The van der Waals surface area contributed by atoms with E-state index in [0.717, 1.165) is 4.58 Å². The fraction of sp³-hybridized carbons (Fsp3) is 0.875. The van der Waals surface area contributed by atoms with Crippen LogP contribution >= 0.6 is 0 Å². The van der Waals surface area contributed by atoms with Crippen molar-refractivity contribution in [1.29, 1.82) is 0 Å². The number of alkyl halides is 2. The van der Waals surface area contributed by atoms with E-state index in [9.17, 15) is 17.7 Å². The van der Waals surface area contributed by atoms with Crippen LogP contribution in [0.1, 0.15) is 0 Å². The van der Waals surface area contributed by atoms with Gasteiger partial charge in [0.1, 0.15) is 26.4 Å². The van der Waals surface area contributed by atoms with Gasteiger partial charge in [0.25, 0.3) is 0 Å². The molecular formula is C8H17F4N3+2. The van der Waals surface area contributed by atoms with Crippen molar-refractivity contribution in [3.63, 3.8) is 0 Å². The largest absolute Gasteiger partial charge is 0.519 e. The number of nitrogens with zero attached hydrogens (tertiary/aromatic N) is 3. The van der Waals surface area contributed by atoms with Gasteiger partial charge in [-0.15, -0.1) is 0 Å². The Morgan fingerprint density at radius 3 is 1.67 bits per heavy atom. The minimum absolute atomic E-state index is 0.201. The molecule has 3 nitrogen and oxygen atoms in total. The Balaban J connectivity index is 5.15. The van der Waals surface area contributed by atoms with Crippen LogP contribution < -0.4 is 0 Å². The molecule has 0 aliphatic carbocycles. The summed E-state index contributed by atoms with van der Waals surface area (Å²) in [4.78, 5) is 0. The Hall–Kier alpha value is -0.850. The zero-order valence-corrected chi connectivity index (χ0v) is 9.18.